The summed E-state index contributed by atoms with van der Waals surface area (Å²) in [6.07, 6.45) is 1.94. The second-order valence-electron chi connectivity index (χ2n) is 8.20. The summed E-state index contributed by atoms with van der Waals surface area (Å²) in [5.41, 5.74) is 0.955. The molecule has 9 nitrogen and oxygen atoms in total. The third kappa shape index (κ3) is 5.63. The molecule has 31 heavy (non-hydrogen) atoms. The van der Waals surface area contributed by atoms with Crippen LogP contribution in [-0.2, 0) is 9.53 Å². The number of alkyl carbamates (subject to hydrolysis) is 1. The molecule has 2 aliphatic rings. The van der Waals surface area contributed by atoms with Gasteiger partial charge in [-0.1, -0.05) is 0 Å². The molecule has 0 spiro atoms. The van der Waals surface area contributed by atoms with Crippen molar-refractivity contribution in [2.24, 2.45) is 0 Å². The third-order valence-electron chi connectivity index (χ3n) is 4.71. The monoisotopic (exact) mass is 449 g/mol. The first-order chi connectivity index (χ1) is 14.6. The number of carbonyl (C=O) groups is 3. The van der Waals surface area contributed by atoms with Crippen molar-refractivity contribution < 1.29 is 28.6 Å². The normalized spacial score (nSPS) is 20.1. The van der Waals surface area contributed by atoms with Gasteiger partial charge in [0.15, 0.2) is 11.5 Å². The molecule has 2 fully saturated rings. The number of carbonyl (C=O) groups excluding carboxylic acids is 3. The molecule has 2 aliphatic heterocycles. The van der Waals surface area contributed by atoms with Crippen LogP contribution in [0, 0.1) is 0 Å². The van der Waals surface area contributed by atoms with Crippen molar-refractivity contribution >= 4 is 40.8 Å². The average Bonchev–Trinajstić information content (AvgIpc) is 3.25. The number of methoxy groups -OCH3 is 2. The number of nitrogens with zero attached hydrogens (tertiary/aromatic N) is 1. The second-order valence-corrected chi connectivity index (χ2v) is 9.21. The van der Waals surface area contributed by atoms with Crippen LogP contribution in [0.2, 0.25) is 0 Å². The fourth-order valence-corrected chi connectivity index (χ4v) is 4.08. The molecular formula is C21H27N3O6S. The zero-order valence-electron chi connectivity index (χ0n) is 18.2. The summed E-state index contributed by atoms with van der Waals surface area (Å²) >= 11 is 0.855. The number of amides is 3. The lowest BCUT2D eigenvalue weighted by Gasteiger charge is -2.24. The Hall–Kier alpha value is -2.88. The van der Waals surface area contributed by atoms with Gasteiger partial charge in [-0.2, -0.15) is 0 Å². The molecule has 2 N–H and O–H groups in total. The second kappa shape index (κ2) is 9.09. The molecule has 1 atom stereocenters. The molecule has 0 saturated carbocycles. The number of nitrogens with one attached hydrogen (secondary N) is 2. The molecule has 3 amide bonds. The number of anilines is 1. The van der Waals surface area contributed by atoms with Crippen LogP contribution in [-0.4, -0.2) is 56.2 Å². The summed E-state index contributed by atoms with van der Waals surface area (Å²) in [5.74, 6) is 0.625. The summed E-state index contributed by atoms with van der Waals surface area (Å²) in [6.45, 7) is 6.70. The SMILES string of the molecule is COc1cc(C=C2SC(=O)NC2=O)c(N2CC[C@@H](NC(=O)OC(C)(C)C)C2)cc1OC. The van der Waals surface area contributed by atoms with Gasteiger partial charge in [0.25, 0.3) is 11.1 Å². The highest BCUT2D eigenvalue weighted by Gasteiger charge is 2.30. The molecule has 1 aromatic rings. The van der Waals surface area contributed by atoms with E-state index in [1.54, 1.807) is 19.3 Å². The summed E-state index contributed by atoms with van der Waals surface area (Å²) in [4.78, 5) is 38.1. The van der Waals surface area contributed by atoms with Gasteiger partial charge in [0.1, 0.15) is 5.60 Å². The lowest BCUT2D eigenvalue weighted by atomic mass is 10.1. The van der Waals surface area contributed by atoms with E-state index in [4.69, 9.17) is 14.2 Å². The van der Waals surface area contributed by atoms with Crippen molar-refractivity contribution in [3.63, 3.8) is 0 Å². The van der Waals surface area contributed by atoms with Crippen molar-refractivity contribution in [1.82, 2.24) is 10.6 Å². The maximum atomic E-state index is 12.1. The Bertz CT molecular complexity index is 924. The number of hydrogen-bond donors (Lipinski definition) is 2. The van der Waals surface area contributed by atoms with Crippen LogP contribution in [0.25, 0.3) is 6.08 Å². The summed E-state index contributed by atoms with van der Waals surface area (Å²) < 4.78 is 16.2. The molecule has 10 heteroatoms. The fourth-order valence-electron chi connectivity index (χ4n) is 3.41. The van der Waals surface area contributed by atoms with Crippen LogP contribution < -0.4 is 25.0 Å². The Morgan fingerprint density at radius 3 is 2.48 bits per heavy atom. The molecule has 2 heterocycles. The van der Waals surface area contributed by atoms with Gasteiger partial charge in [0.05, 0.1) is 25.2 Å². The van der Waals surface area contributed by atoms with E-state index in [0.717, 1.165) is 23.9 Å². The van der Waals surface area contributed by atoms with E-state index in [0.29, 0.717) is 35.1 Å². The molecule has 0 bridgehead atoms. The van der Waals surface area contributed by atoms with E-state index in [-0.39, 0.29) is 6.04 Å². The number of imide groups is 1. The number of benzene rings is 1. The standard InChI is InChI=1S/C21H27N3O6S/c1-21(2,3)30-19(26)22-13-6-7-24(11-13)14-10-16(29-5)15(28-4)8-12(14)9-17-18(25)23-20(27)31-17/h8-10,13H,6-7,11H2,1-5H3,(H,22,26)(H,23,25,27)/t13-/m1/s1. The van der Waals surface area contributed by atoms with Gasteiger partial charge in [-0.3, -0.25) is 14.9 Å². The molecule has 2 saturated heterocycles. The first-order valence-electron chi connectivity index (χ1n) is 9.85. The molecule has 0 unspecified atom stereocenters. The Labute approximate surface area is 185 Å². The topological polar surface area (TPSA) is 106 Å². The third-order valence-corrected chi connectivity index (χ3v) is 5.52. The van der Waals surface area contributed by atoms with Gasteiger partial charge < -0.3 is 24.4 Å². The fraction of sp³-hybridized carbons (Fsp3) is 0.476. The average molecular weight is 450 g/mol. The minimum Gasteiger partial charge on any atom is -0.493 e. The van der Waals surface area contributed by atoms with Crippen LogP contribution in [0.4, 0.5) is 15.3 Å². The maximum Gasteiger partial charge on any atom is 0.407 e. The molecule has 0 aliphatic carbocycles. The minimum atomic E-state index is -0.567. The van der Waals surface area contributed by atoms with Crippen LogP contribution in [0.1, 0.15) is 32.8 Å². The lowest BCUT2D eigenvalue weighted by molar-refractivity contribution is -0.115. The van der Waals surface area contributed by atoms with Crippen molar-refractivity contribution in [1.29, 1.82) is 0 Å². The largest absolute Gasteiger partial charge is 0.493 e. The summed E-state index contributed by atoms with van der Waals surface area (Å²) in [6, 6.07) is 3.52. The zero-order chi connectivity index (χ0) is 22.8. The maximum absolute atomic E-state index is 12.1. The highest BCUT2D eigenvalue weighted by atomic mass is 32.2. The highest BCUT2D eigenvalue weighted by molar-refractivity contribution is 8.18. The van der Waals surface area contributed by atoms with E-state index in [1.807, 2.05) is 26.8 Å². The molecule has 3 rings (SSSR count). The quantitative estimate of drug-likeness (QED) is 0.661. The van der Waals surface area contributed by atoms with Crippen molar-refractivity contribution in [2.45, 2.75) is 38.8 Å². The van der Waals surface area contributed by atoms with Crippen molar-refractivity contribution in [3.05, 3.63) is 22.6 Å². The number of thioether (sulfide) groups is 1. The van der Waals surface area contributed by atoms with Crippen LogP contribution >= 0.6 is 11.8 Å². The van der Waals surface area contributed by atoms with E-state index in [1.165, 1.54) is 7.11 Å². The smallest absolute Gasteiger partial charge is 0.407 e. The van der Waals surface area contributed by atoms with Crippen molar-refractivity contribution in [2.75, 3.05) is 32.2 Å². The lowest BCUT2D eigenvalue weighted by Crippen LogP contribution is -2.40. The highest BCUT2D eigenvalue weighted by Crippen LogP contribution is 2.39. The Balaban J connectivity index is 1.86. The first kappa shape index (κ1) is 22.8. The van der Waals surface area contributed by atoms with Gasteiger partial charge in [-0.25, -0.2) is 4.79 Å². The van der Waals surface area contributed by atoms with E-state index >= 15 is 0 Å². The predicted molar refractivity (Wildman–Crippen MR) is 119 cm³/mol. The number of hydrogen-bond acceptors (Lipinski definition) is 8. The van der Waals surface area contributed by atoms with Gasteiger partial charge in [-0.15, -0.1) is 0 Å². The van der Waals surface area contributed by atoms with Gasteiger partial charge in [-0.05, 0) is 51.1 Å². The van der Waals surface area contributed by atoms with Gasteiger partial charge in [0, 0.05) is 30.4 Å². The first-order valence-corrected chi connectivity index (χ1v) is 10.7. The van der Waals surface area contributed by atoms with E-state index < -0.39 is 22.8 Å². The van der Waals surface area contributed by atoms with E-state index in [9.17, 15) is 14.4 Å². The van der Waals surface area contributed by atoms with Gasteiger partial charge in [0.2, 0.25) is 0 Å². The zero-order valence-corrected chi connectivity index (χ0v) is 19.1. The molecule has 168 valence electrons. The molecule has 0 aromatic heterocycles. The summed E-state index contributed by atoms with van der Waals surface area (Å²) in [5, 5.41) is 4.76. The Morgan fingerprint density at radius 1 is 1.23 bits per heavy atom. The van der Waals surface area contributed by atoms with Crippen LogP contribution in [0.3, 0.4) is 0 Å². The number of rotatable bonds is 5. The predicted octanol–water partition coefficient (Wildman–Crippen LogP) is 3.13. The minimum absolute atomic E-state index is 0.0887. The van der Waals surface area contributed by atoms with Crippen LogP contribution in [0.15, 0.2) is 17.0 Å². The van der Waals surface area contributed by atoms with Gasteiger partial charge >= 0.3 is 6.09 Å². The molecule has 1 aromatic carbocycles. The molecule has 0 radical (unpaired) electrons. The van der Waals surface area contributed by atoms with Crippen LogP contribution in [0.5, 0.6) is 11.5 Å². The van der Waals surface area contributed by atoms with Crippen molar-refractivity contribution in [3.8, 4) is 11.5 Å². The van der Waals surface area contributed by atoms with E-state index in [2.05, 4.69) is 15.5 Å². The number of ether oxygens (including phenoxy) is 3. The molecular weight excluding hydrogens is 422 g/mol. The summed E-state index contributed by atoms with van der Waals surface area (Å²) in [7, 11) is 3.08. The Kier molecular flexibility index (Phi) is 6.68. The Morgan fingerprint density at radius 2 is 1.90 bits per heavy atom.